The van der Waals surface area contributed by atoms with E-state index in [1.54, 1.807) is 0 Å². The number of hydrogen-bond donors (Lipinski definition) is 1. The largest absolute Gasteiger partial charge is 0.389 e. The molecule has 0 aliphatic heterocycles. The van der Waals surface area contributed by atoms with Gasteiger partial charge in [-0.25, -0.2) is 0 Å². The maximum atomic E-state index is 13.4. The fourth-order valence-corrected chi connectivity index (χ4v) is 7.75. The van der Waals surface area contributed by atoms with Gasteiger partial charge < -0.3 is 5.11 Å². The van der Waals surface area contributed by atoms with Crippen LogP contribution in [0.5, 0.6) is 0 Å². The molecule has 4 aliphatic carbocycles. The van der Waals surface area contributed by atoms with E-state index in [4.69, 9.17) is 0 Å². The minimum absolute atomic E-state index is 0.0109. The second-order valence-corrected chi connectivity index (χ2v) is 10.1. The summed E-state index contributed by atoms with van der Waals surface area (Å²) < 4.78 is 0. The van der Waals surface area contributed by atoms with E-state index in [0.717, 1.165) is 44.9 Å². The van der Waals surface area contributed by atoms with Gasteiger partial charge in [-0.3, -0.25) is 9.59 Å². The summed E-state index contributed by atoms with van der Waals surface area (Å²) in [6, 6.07) is 0. The lowest BCUT2D eigenvalue weighted by Crippen LogP contribution is -2.64. The predicted octanol–water partition coefficient (Wildman–Crippen LogP) is 4.31. The van der Waals surface area contributed by atoms with Gasteiger partial charge in [-0.2, -0.15) is 0 Å². The van der Waals surface area contributed by atoms with Crippen molar-refractivity contribution in [3.8, 4) is 0 Å². The molecule has 0 saturated heterocycles. The molecule has 140 valence electrons. The molecule has 0 heterocycles. The Bertz CT molecular complexity index is 598. The lowest BCUT2D eigenvalue weighted by Gasteiger charge is -2.64. The Hall–Kier alpha value is -0.700. The van der Waals surface area contributed by atoms with Crippen LogP contribution in [-0.2, 0) is 9.59 Å². The number of rotatable bonds is 1. The van der Waals surface area contributed by atoms with Crippen LogP contribution in [0, 0.1) is 34.5 Å². The maximum absolute atomic E-state index is 13.4. The van der Waals surface area contributed by atoms with Gasteiger partial charge in [-0.05, 0) is 61.7 Å². The Kier molecular flexibility index (Phi) is 4.00. The fraction of sp³-hybridized carbons (Fsp3) is 0.909. The van der Waals surface area contributed by atoms with Crippen LogP contribution in [0.1, 0.15) is 85.0 Å². The summed E-state index contributed by atoms with van der Waals surface area (Å²) in [5.74, 6) is 2.18. The van der Waals surface area contributed by atoms with E-state index < -0.39 is 5.60 Å². The fourth-order valence-electron chi connectivity index (χ4n) is 7.75. The molecule has 0 unspecified atom stereocenters. The molecule has 4 aliphatic rings. The molecular formula is C22H34O3. The van der Waals surface area contributed by atoms with Gasteiger partial charge in [0.15, 0.2) is 0 Å². The monoisotopic (exact) mass is 346 g/mol. The molecule has 4 saturated carbocycles. The first-order valence-corrected chi connectivity index (χ1v) is 10.5. The molecule has 0 aromatic rings. The predicted molar refractivity (Wildman–Crippen MR) is 97.0 cm³/mol. The Labute approximate surface area is 151 Å². The molecule has 0 aromatic heterocycles. The average molecular weight is 347 g/mol. The van der Waals surface area contributed by atoms with Crippen molar-refractivity contribution in [3.05, 3.63) is 0 Å². The highest BCUT2D eigenvalue weighted by Crippen LogP contribution is 2.66. The second kappa shape index (κ2) is 5.65. The van der Waals surface area contributed by atoms with Crippen LogP contribution in [-0.4, -0.2) is 22.3 Å². The van der Waals surface area contributed by atoms with Crippen LogP contribution >= 0.6 is 0 Å². The van der Waals surface area contributed by atoms with Crippen molar-refractivity contribution in [2.24, 2.45) is 34.5 Å². The van der Waals surface area contributed by atoms with E-state index in [0.29, 0.717) is 48.6 Å². The molecule has 3 nitrogen and oxygen atoms in total. The van der Waals surface area contributed by atoms with Gasteiger partial charge in [-0.1, -0.05) is 27.2 Å². The lowest BCUT2D eigenvalue weighted by molar-refractivity contribution is -0.203. The van der Waals surface area contributed by atoms with Crippen molar-refractivity contribution >= 4 is 11.6 Å². The second-order valence-electron chi connectivity index (χ2n) is 10.1. The zero-order chi connectivity index (χ0) is 18.0. The van der Waals surface area contributed by atoms with Crippen molar-refractivity contribution < 1.29 is 14.7 Å². The highest BCUT2D eigenvalue weighted by atomic mass is 16.3. The Morgan fingerprint density at radius 2 is 1.88 bits per heavy atom. The topological polar surface area (TPSA) is 54.4 Å². The molecule has 0 amide bonds. The van der Waals surface area contributed by atoms with E-state index in [-0.39, 0.29) is 16.7 Å². The first-order valence-electron chi connectivity index (χ1n) is 10.5. The van der Waals surface area contributed by atoms with Crippen LogP contribution < -0.4 is 0 Å². The molecule has 4 rings (SSSR count). The zero-order valence-corrected chi connectivity index (χ0v) is 16.1. The van der Waals surface area contributed by atoms with Gasteiger partial charge >= 0.3 is 0 Å². The Balaban J connectivity index is 1.72. The van der Waals surface area contributed by atoms with E-state index >= 15 is 0 Å². The van der Waals surface area contributed by atoms with Crippen LogP contribution in [0.2, 0.25) is 0 Å². The van der Waals surface area contributed by atoms with Gasteiger partial charge in [-0.15, -0.1) is 0 Å². The minimum atomic E-state index is -0.684. The van der Waals surface area contributed by atoms with Crippen LogP contribution in [0.15, 0.2) is 0 Å². The van der Waals surface area contributed by atoms with Gasteiger partial charge in [0, 0.05) is 30.6 Å². The molecule has 4 fully saturated rings. The summed E-state index contributed by atoms with van der Waals surface area (Å²) in [5.41, 5.74) is -0.931. The van der Waals surface area contributed by atoms with E-state index in [1.807, 2.05) is 0 Å². The average Bonchev–Trinajstić information content (AvgIpc) is 2.56. The summed E-state index contributed by atoms with van der Waals surface area (Å²) in [5, 5.41) is 11.4. The maximum Gasteiger partial charge on any atom is 0.137 e. The third kappa shape index (κ3) is 2.27. The summed E-state index contributed by atoms with van der Waals surface area (Å²) in [6.45, 7) is 6.58. The SMILES string of the molecule is CC[C@]1(O)CCC[C@H]2[C@H]3CC[C@H]4CC(=O)CC[C@]4(C)[C@@H]3C(=O)C[C@@]21C. The standard InChI is InChI=1S/C22H34O3/c1-4-22(25)10-5-6-17-16-8-7-14-12-15(23)9-11-20(14,2)19(16)18(24)13-21(17,22)3/h14,16-17,19,25H,4-13H2,1-3H3/t14-,16+,17-,19-,20-,21-,22-/m0/s1. The lowest BCUT2D eigenvalue weighted by atomic mass is 9.40. The summed E-state index contributed by atoms with van der Waals surface area (Å²) in [6.07, 6.45) is 8.78. The summed E-state index contributed by atoms with van der Waals surface area (Å²) in [4.78, 5) is 25.4. The minimum Gasteiger partial charge on any atom is -0.389 e. The number of carbonyl (C=O) groups is 2. The quantitative estimate of drug-likeness (QED) is 0.770. The number of fused-ring (bicyclic) bond motifs is 5. The molecule has 7 atom stereocenters. The van der Waals surface area contributed by atoms with Gasteiger partial charge in [0.05, 0.1) is 5.60 Å². The van der Waals surface area contributed by atoms with Crippen molar-refractivity contribution in [1.82, 2.24) is 0 Å². The van der Waals surface area contributed by atoms with Gasteiger partial charge in [0.1, 0.15) is 11.6 Å². The number of hydrogen-bond acceptors (Lipinski definition) is 3. The highest BCUT2D eigenvalue weighted by molar-refractivity contribution is 5.85. The molecule has 3 heteroatoms. The van der Waals surface area contributed by atoms with Crippen molar-refractivity contribution in [3.63, 3.8) is 0 Å². The van der Waals surface area contributed by atoms with Gasteiger partial charge in [0.2, 0.25) is 0 Å². The van der Waals surface area contributed by atoms with Gasteiger partial charge in [0.25, 0.3) is 0 Å². The zero-order valence-electron chi connectivity index (χ0n) is 16.1. The molecule has 0 spiro atoms. The molecule has 0 radical (unpaired) electrons. The first kappa shape index (κ1) is 17.7. The number of Topliss-reactive ketones (excluding diaryl/α,β-unsaturated/α-hetero) is 2. The van der Waals surface area contributed by atoms with Crippen molar-refractivity contribution in [2.45, 2.75) is 90.6 Å². The van der Waals surface area contributed by atoms with E-state index in [9.17, 15) is 14.7 Å². The van der Waals surface area contributed by atoms with Crippen LogP contribution in [0.4, 0.5) is 0 Å². The van der Waals surface area contributed by atoms with Crippen molar-refractivity contribution in [2.75, 3.05) is 0 Å². The molecule has 0 aromatic carbocycles. The van der Waals surface area contributed by atoms with E-state index in [1.165, 1.54) is 0 Å². The number of aliphatic hydroxyl groups is 1. The number of ketones is 2. The highest BCUT2D eigenvalue weighted by Gasteiger charge is 2.65. The normalized spacial score (nSPS) is 53.0. The van der Waals surface area contributed by atoms with Crippen LogP contribution in [0.3, 0.4) is 0 Å². The Morgan fingerprint density at radius 3 is 2.60 bits per heavy atom. The third-order valence-corrected chi connectivity index (χ3v) is 9.31. The summed E-state index contributed by atoms with van der Waals surface area (Å²) >= 11 is 0. The van der Waals surface area contributed by atoms with Crippen LogP contribution in [0.25, 0.3) is 0 Å². The molecular weight excluding hydrogens is 312 g/mol. The molecule has 25 heavy (non-hydrogen) atoms. The van der Waals surface area contributed by atoms with Crippen molar-refractivity contribution in [1.29, 1.82) is 0 Å². The summed E-state index contributed by atoms with van der Waals surface area (Å²) in [7, 11) is 0. The first-order chi connectivity index (χ1) is 11.7. The third-order valence-electron chi connectivity index (χ3n) is 9.31. The molecule has 0 bridgehead atoms. The Morgan fingerprint density at radius 1 is 1.12 bits per heavy atom. The smallest absolute Gasteiger partial charge is 0.137 e. The number of carbonyl (C=O) groups excluding carboxylic acids is 2. The van der Waals surface area contributed by atoms with E-state index in [2.05, 4.69) is 20.8 Å². The molecule has 1 N–H and O–H groups in total.